The molecule has 1 amide bonds. The van der Waals surface area contributed by atoms with Gasteiger partial charge in [-0.15, -0.1) is 0 Å². The predicted octanol–water partition coefficient (Wildman–Crippen LogP) is 2.27. The van der Waals surface area contributed by atoms with Crippen LogP contribution < -0.4 is 11.1 Å². The van der Waals surface area contributed by atoms with Gasteiger partial charge < -0.3 is 20.2 Å². The van der Waals surface area contributed by atoms with Crippen LogP contribution in [-0.2, 0) is 11.2 Å². The molecule has 0 radical (unpaired) electrons. The predicted molar refractivity (Wildman–Crippen MR) is 89.9 cm³/mol. The summed E-state index contributed by atoms with van der Waals surface area (Å²) in [5.41, 5.74) is 7.75. The van der Waals surface area contributed by atoms with E-state index in [1.54, 1.807) is 6.92 Å². The number of nitrogens with zero attached hydrogens (tertiary/aromatic N) is 2. The van der Waals surface area contributed by atoms with Gasteiger partial charge in [0.05, 0.1) is 6.04 Å². The molecule has 7 heteroatoms. The van der Waals surface area contributed by atoms with E-state index >= 15 is 0 Å². The molecule has 1 aliphatic heterocycles. The highest BCUT2D eigenvalue weighted by Crippen LogP contribution is 2.19. The molecule has 1 aliphatic rings. The first kappa shape index (κ1) is 16.0. The Labute approximate surface area is 139 Å². The molecule has 3 rings (SSSR count). The minimum atomic E-state index is -0.282. The molecule has 1 aromatic heterocycles. The highest BCUT2D eigenvalue weighted by Gasteiger charge is 2.25. The van der Waals surface area contributed by atoms with E-state index < -0.39 is 0 Å². The Morgan fingerprint density at radius 2 is 2.08 bits per heavy atom. The number of hydrogen-bond acceptors (Lipinski definition) is 6. The van der Waals surface area contributed by atoms with E-state index in [9.17, 15) is 4.79 Å². The van der Waals surface area contributed by atoms with Crippen LogP contribution in [0.25, 0.3) is 0 Å². The van der Waals surface area contributed by atoms with Gasteiger partial charge >= 0.3 is 0 Å². The van der Waals surface area contributed by atoms with Crippen molar-refractivity contribution in [3.8, 4) is 0 Å². The van der Waals surface area contributed by atoms with E-state index in [1.165, 1.54) is 12.0 Å². The zero-order valence-electron chi connectivity index (χ0n) is 13.7. The topological polar surface area (TPSA) is 103 Å². The van der Waals surface area contributed by atoms with Gasteiger partial charge in [-0.3, -0.25) is 4.79 Å². The fourth-order valence-electron chi connectivity index (χ4n) is 2.65. The van der Waals surface area contributed by atoms with Crippen molar-refractivity contribution < 1.29 is 13.9 Å². The Balaban J connectivity index is 1.56. The van der Waals surface area contributed by atoms with Crippen LogP contribution in [0.4, 0.5) is 5.69 Å². The van der Waals surface area contributed by atoms with Crippen LogP contribution in [0, 0.1) is 6.92 Å². The summed E-state index contributed by atoms with van der Waals surface area (Å²) in [6.45, 7) is 3.67. The van der Waals surface area contributed by atoms with E-state index in [2.05, 4.69) is 15.3 Å². The number of oxazole rings is 1. The number of amidine groups is 1. The number of aliphatic imine (C=N–C) groups is 1. The lowest BCUT2D eigenvalue weighted by molar-refractivity contribution is 0.102. The quantitative estimate of drug-likeness (QED) is 0.876. The van der Waals surface area contributed by atoms with Gasteiger partial charge in [0.25, 0.3) is 11.9 Å². The van der Waals surface area contributed by atoms with Crippen molar-refractivity contribution in [3.05, 3.63) is 47.7 Å². The molecule has 0 aliphatic carbocycles. The zero-order valence-corrected chi connectivity index (χ0v) is 13.7. The van der Waals surface area contributed by atoms with Crippen molar-refractivity contribution in [2.24, 2.45) is 10.7 Å². The lowest BCUT2D eigenvalue weighted by Crippen LogP contribution is -2.20. The van der Waals surface area contributed by atoms with Gasteiger partial charge in [0.15, 0.2) is 12.1 Å². The Morgan fingerprint density at radius 3 is 2.67 bits per heavy atom. The third-order valence-electron chi connectivity index (χ3n) is 4.04. The molecule has 7 nitrogen and oxygen atoms in total. The summed E-state index contributed by atoms with van der Waals surface area (Å²) in [5, 5.41) is 2.80. The number of aromatic nitrogens is 1. The van der Waals surface area contributed by atoms with Crippen LogP contribution in [0.5, 0.6) is 0 Å². The maximum atomic E-state index is 12.1. The van der Waals surface area contributed by atoms with Crippen LogP contribution in [0.2, 0.25) is 0 Å². The normalized spacial score (nSPS) is 19.7. The SMILES string of the molecule is Cc1ocnc1C(=O)Nc1ccc(CCC2N=C(N)OC2C)cc1. The van der Waals surface area contributed by atoms with Crippen LogP contribution >= 0.6 is 0 Å². The van der Waals surface area contributed by atoms with Gasteiger partial charge in [0.1, 0.15) is 11.9 Å². The molecule has 126 valence electrons. The van der Waals surface area contributed by atoms with Gasteiger partial charge in [0, 0.05) is 5.69 Å². The van der Waals surface area contributed by atoms with Crippen molar-refractivity contribution in [1.82, 2.24) is 4.98 Å². The van der Waals surface area contributed by atoms with Crippen LogP contribution in [0.1, 0.15) is 35.2 Å². The molecule has 0 saturated carbocycles. The first-order valence-electron chi connectivity index (χ1n) is 7.83. The lowest BCUT2D eigenvalue weighted by Gasteiger charge is -2.12. The number of carbonyl (C=O) groups is 1. The lowest BCUT2D eigenvalue weighted by atomic mass is 10.0. The number of anilines is 1. The molecule has 3 N–H and O–H groups in total. The molecule has 2 unspecified atom stereocenters. The second-order valence-electron chi connectivity index (χ2n) is 5.80. The Kier molecular flexibility index (Phi) is 4.50. The molecule has 2 aromatic rings. The summed E-state index contributed by atoms with van der Waals surface area (Å²) in [6, 6.07) is 8.08. The summed E-state index contributed by atoms with van der Waals surface area (Å²) in [6.07, 6.45) is 3.02. The summed E-state index contributed by atoms with van der Waals surface area (Å²) >= 11 is 0. The minimum absolute atomic E-state index is 0.0225. The van der Waals surface area contributed by atoms with E-state index in [0.29, 0.717) is 17.1 Å². The number of hydrogen-bond donors (Lipinski definition) is 2. The van der Waals surface area contributed by atoms with Gasteiger partial charge in [-0.2, -0.15) is 0 Å². The maximum Gasteiger partial charge on any atom is 0.282 e. The number of ether oxygens (including phenoxy) is 1. The summed E-state index contributed by atoms with van der Waals surface area (Å²) in [4.78, 5) is 20.3. The van der Waals surface area contributed by atoms with Crippen LogP contribution in [0.15, 0.2) is 40.1 Å². The molecule has 24 heavy (non-hydrogen) atoms. The maximum absolute atomic E-state index is 12.1. The average molecular weight is 328 g/mol. The fraction of sp³-hybridized carbons (Fsp3) is 0.353. The minimum Gasteiger partial charge on any atom is -0.460 e. The number of nitrogens with two attached hydrogens (primary N) is 1. The first-order valence-corrected chi connectivity index (χ1v) is 7.83. The van der Waals surface area contributed by atoms with Gasteiger partial charge in [-0.25, -0.2) is 9.98 Å². The largest absolute Gasteiger partial charge is 0.460 e. The molecule has 0 spiro atoms. The van der Waals surface area contributed by atoms with E-state index in [4.69, 9.17) is 14.9 Å². The fourth-order valence-corrected chi connectivity index (χ4v) is 2.65. The van der Waals surface area contributed by atoms with E-state index in [1.807, 2.05) is 31.2 Å². The number of aryl methyl sites for hydroxylation is 2. The summed E-state index contributed by atoms with van der Waals surface area (Å²) in [7, 11) is 0. The molecule has 1 aromatic carbocycles. The Morgan fingerprint density at radius 1 is 1.33 bits per heavy atom. The standard InChI is InChI=1S/C17H20N4O3/c1-10-14(21-17(18)24-10)8-5-12-3-6-13(7-4-12)20-16(22)15-11(2)23-9-19-15/h3-4,6-7,9-10,14H,5,8H2,1-2H3,(H2,18,21)(H,20,22). The third-order valence-corrected chi connectivity index (χ3v) is 4.04. The number of amides is 1. The monoisotopic (exact) mass is 328 g/mol. The zero-order chi connectivity index (χ0) is 17.1. The molecule has 0 bridgehead atoms. The third kappa shape index (κ3) is 3.56. The van der Waals surface area contributed by atoms with Crippen molar-refractivity contribution in [1.29, 1.82) is 0 Å². The Bertz CT molecular complexity index is 751. The van der Waals surface area contributed by atoms with Gasteiger partial charge in [0.2, 0.25) is 0 Å². The summed E-state index contributed by atoms with van der Waals surface area (Å²) < 4.78 is 10.4. The molecule has 0 saturated heterocycles. The van der Waals surface area contributed by atoms with Gasteiger partial charge in [-0.05, 0) is 44.4 Å². The average Bonchev–Trinajstić information content (AvgIpc) is 3.11. The molecule has 0 fully saturated rings. The smallest absolute Gasteiger partial charge is 0.282 e. The Hall–Kier alpha value is -2.83. The second kappa shape index (κ2) is 6.74. The highest BCUT2D eigenvalue weighted by molar-refractivity contribution is 6.03. The number of nitrogens with one attached hydrogen (secondary N) is 1. The van der Waals surface area contributed by atoms with Crippen molar-refractivity contribution in [2.75, 3.05) is 5.32 Å². The van der Waals surface area contributed by atoms with E-state index in [-0.39, 0.29) is 24.1 Å². The molecule has 2 heterocycles. The number of carbonyl (C=O) groups excluding carboxylic acids is 1. The van der Waals surface area contributed by atoms with Crippen LogP contribution in [0.3, 0.4) is 0 Å². The molecular formula is C17H20N4O3. The van der Waals surface area contributed by atoms with Crippen molar-refractivity contribution in [2.45, 2.75) is 38.8 Å². The first-order chi connectivity index (χ1) is 11.5. The van der Waals surface area contributed by atoms with Crippen molar-refractivity contribution in [3.63, 3.8) is 0 Å². The summed E-state index contributed by atoms with van der Waals surface area (Å²) in [5.74, 6) is 0.215. The van der Waals surface area contributed by atoms with Gasteiger partial charge in [-0.1, -0.05) is 12.1 Å². The molecular weight excluding hydrogens is 308 g/mol. The second-order valence-corrected chi connectivity index (χ2v) is 5.80. The van der Waals surface area contributed by atoms with Crippen molar-refractivity contribution >= 4 is 17.6 Å². The highest BCUT2D eigenvalue weighted by atomic mass is 16.5. The molecule has 2 atom stereocenters. The van der Waals surface area contributed by atoms with Crippen LogP contribution in [-0.4, -0.2) is 29.1 Å². The number of rotatable bonds is 5. The van der Waals surface area contributed by atoms with E-state index in [0.717, 1.165) is 12.8 Å². The number of benzene rings is 1.